The molecule has 16 heavy (non-hydrogen) atoms. The Morgan fingerprint density at radius 1 is 1.25 bits per heavy atom. The van der Waals surface area contributed by atoms with Gasteiger partial charge in [-0.2, -0.15) is 0 Å². The maximum absolute atomic E-state index is 9.25. The van der Waals surface area contributed by atoms with E-state index in [2.05, 4.69) is 36.1 Å². The van der Waals surface area contributed by atoms with E-state index in [-0.39, 0.29) is 0 Å². The van der Waals surface area contributed by atoms with Crippen LogP contribution in [0.1, 0.15) is 30.9 Å². The first kappa shape index (κ1) is 11.6. The van der Waals surface area contributed by atoms with Crippen LogP contribution in [0.25, 0.3) is 0 Å². The van der Waals surface area contributed by atoms with Crippen molar-refractivity contribution in [2.24, 2.45) is 0 Å². The van der Waals surface area contributed by atoms with Gasteiger partial charge in [-0.1, -0.05) is 31.2 Å². The Hall–Kier alpha value is -0.860. The predicted molar refractivity (Wildman–Crippen MR) is 66.3 cm³/mol. The van der Waals surface area contributed by atoms with Crippen LogP contribution >= 0.6 is 0 Å². The maximum Gasteiger partial charge on any atom is 0.0587 e. The molecule has 1 aliphatic heterocycles. The second kappa shape index (κ2) is 5.46. The van der Waals surface area contributed by atoms with E-state index in [4.69, 9.17) is 0 Å². The molecule has 2 rings (SSSR count). The Kier molecular flexibility index (Phi) is 3.97. The van der Waals surface area contributed by atoms with Gasteiger partial charge in [-0.05, 0) is 36.9 Å². The molecule has 0 saturated carbocycles. The Bertz CT molecular complexity index is 320. The molecule has 1 atom stereocenters. The number of rotatable bonds is 4. The highest BCUT2D eigenvalue weighted by Crippen LogP contribution is 2.19. The first-order chi connectivity index (χ1) is 7.83. The molecular weight excluding hydrogens is 198 g/mol. The van der Waals surface area contributed by atoms with Gasteiger partial charge >= 0.3 is 0 Å². The lowest BCUT2D eigenvalue weighted by Gasteiger charge is -2.22. The summed E-state index contributed by atoms with van der Waals surface area (Å²) in [7, 11) is 0. The summed E-state index contributed by atoms with van der Waals surface area (Å²) in [6.45, 7) is 4.58. The van der Waals surface area contributed by atoms with Crippen LogP contribution in [0.15, 0.2) is 24.3 Å². The molecule has 88 valence electrons. The molecule has 1 saturated heterocycles. The zero-order valence-corrected chi connectivity index (χ0v) is 10.0. The molecule has 0 radical (unpaired) electrons. The van der Waals surface area contributed by atoms with Crippen LogP contribution in [0.3, 0.4) is 0 Å². The first-order valence-corrected chi connectivity index (χ1v) is 6.26. The van der Waals surface area contributed by atoms with Gasteiger partial charge in [-0.25, -0.2) is 0 Å². The van der Waals surface area contributed by atoms with Crippen molar-refractivity contribution >= 4 is 0 Å². The van der Waals surface area contributed by atoms with Gasteiger partial charge in [0.15, 0.2) is 0 Å². The molecule has 0 bridgehead atoms. The van der Waals surface area contributed by atoms with E-state index in [1.807, 2.05) is 0 Å². The van der Waals surface area contributed by atoms with Crippen molar-refractivity contribution in [2.75, 3.05) is 13.2 Å². The van der Waals surface area contributed by atoms with Crippen molar-refractivity contribution in [3.8, 4) is 0 Å². The average Bonchev–Trinajstić information content (AvgIpc) is 2.77. The normalized spacial score (nSPS) is 21.5. The van der Waals surface area contributed by atoms with Gasteiger partial charge in [0.25, 0.3) is 0 Å². The molecular formula is C14H21NO. The average molecular weight is 219 g/mol. The highest BCUT2D eigenvalue weighted by Gasteiger charge is 2.23. The van der Waals surface area contributed by atoms with Gasteiger partial charge in [0.2, 0.25) is 0 Å². The fraction of sp³-hybridized carbons (Fsp3) is 0.571. The van der Waals surface area contributed by atoms with Gasteiger partial charge in [0, 0.05) is 12.6 Å². The van der Waals surface area contributed by atoms with E-state index in [0.717, 1.165) is 25.9 Å². The summed E-state index contributed by atoms with van der Waals surface area (Å²) >= 11 is 0. The molecule has 1 N–H and O–H groups in total. The monoisotopic (exact) mass is 219 g/mol. The smallest absolute Gasteiger partial charge is 0.0587 e. The number of likely N-dealkylation sites (tertiary alicyclic amines) is 1. The molecule has 0 aliphatic carbocycles. The third-order valence-corrected chi connectivity index (χ3v) is 3.53. The molecule has 0 spiro atoms. The highest BCUT2D eigenvalue weighted by molar-refractivity contribution is 5.22. The van der Waals surface area contributed by atoms with Crippen LogP contribution in [0.5, 0.6) is 0 Å². The van der Waals surface area contributed by atoms with E-state index in [0.29, 0.717) is 12.6 Å². The van der Waals surface area contributed by atoms with Crippen LogP contribution in [-0.2, 0) is 13.0 Å². The van der Waals surface area contributed by atoms with Crippen molar-refractivity contribution < 1.29 is 5.11 Å². The first-order valence-electron chi connectivity index (χ1n) is 6.26. The number of hydrogen-bond acceptors (Lipinski definition) is 2. The molecule has 2 nitrogen and oxygen atoms in total. The number of aliphatic hydroxyl groups is 1. The topological polar surface area (TPSA) is 23.5 Å². The van der Waals surface area contributed by atoms with Gasteiger partial charge < -0.3 is 5.11 Å². The third kappa shape index (κ3) is 2.63. The summed E-state index contributed by atoms with van der Waals surface area (Å²) in [5.74, 6) is 0. The number of benzene rings is 1. The molecule has 1 heterocycles. The zero-order chi connectivity index (χ0) is 11.4. The summed E-state index contributed by atoms with van der Waals surface area (Å²) in [6.07, 6.45) is 3.46. The van der Waals surface area contributed by atoms with Crippen LogP contribution in [0, 0.1) is 0 Å². The minimum atomic E-state index is 0.299. The van der Waals surface area contributed by atoms with Crippen molar-refractivity contribution in [3.63, 3.8) is 0 Å². The predicted octanol–water partition coefficient (Wildman–Crippen LogP) is 2.21. The number of hydrogen-bond donors (Lipinski definition) is 1. The number of aliphatic hydroxyl groups excluding tert-OH is 1. The lowest BCUT2D eigenvalue weighted by Crippen LogP contribution is -2.31. The minimum Gasteiger partial charge on any atom is -0.395 e. The summed E-state index contributed by atoms with van der Waals surface area (Å²) in [4.78, 5) is 2.39. The largest absolute Gasteiger partial charge is 0.395 e. The zero-order valence-electron chi connectivity index (χ0n) is 10.0. The molecule has 0 amide bonds. The summed E-state index contributed by atoms with van der Waals surface area (Å²) in [6, 6.07) is 9.22. The van der Waals surface area contributed by atoms with Gasteiger partial charge in [0.05, 0.1) is 6.61 Å². The Balaban J connectivity index is 1.97. The second-order valence-electron chi connectivity index (χ2n) is 4.62. The van der Waals surface area contributed by atoms with Crippen molar-refractivity contribution in [2.45, 2.75) is 38.8 Å². The number of nitrogens with zero attached hydrogens (tertiary/aromatic N) is 1. The molecule has 1 fully saturated rings. The second-order valence-corrected chi connectivity index (χ2v) is 4.62. The molecule has 1 aliphatic rings. The molecule has 2 heteroatoms. The van der Waals surface area contributed by atoms with Crippen LogP contribution < -0.4 is 0 Å². The van der Waals surface area contributed by atoms with Crippen LogP contribution in [-0.4, -0.2) is 29.2 Å². The summed E-state index contributed by atoms with van der Waals surface area (Å²) in [5.41, 5.74) is 2.75. The van der Waals surface area contributed by atoms with E-state index < -0.39 is 0 Å². The van der Waals surface area contributed by atoms with Gasteiger partial charge in [-0.3, -0.25) is 4.90 Å². The molecule has 0 aromatic heterocycles. The maximum atomic E-state index is 9.25. The van der Waals surface area contributed by atoms with E-state index >= 15 is 0 Å². The number of aryl methyl sites for hydroxylation is 1. The quantitative estimate of drug-likeness (QED) is 0.839. The minimum absolute atomic E-state index is 0.299. The van der Waals surface area contributed by atoms with Crippen LogP contribution in [0.2, 0.25) is 0 Å². The van der Waals surface area contributed by atoms with E-state index in [1.165, 1.54) is 17.5 Å². The van der Waals surface area contributed by atoms with E-state index in [9.17, 15) is 5.11 Å². The molecule has 1 aromatic carbocycles. The van der Waals surface area contributed by atoms with Crippen molar-refractivity contribution in [1.82, 2.24) is 4.90 Å². The fourth-order valence-electron chi connectivity index (χ4n) is 2.42. The third-order valence-electron chi connectivity index (χ3n) is 3.53. The van der Waals surface area contributed by atoms with Gasteiger partial charge in [-0.15, -0.1) is 0 Å². The summed E-state index contributed by atoms with van der Waals surface area (Å²) in [5, 5.41) is 9.25. The standard InChI is InChI=1S/C14H21NO/c1-2-12-5-7-13(8-6-12)10-15-9-3-4-14(15)11-16/h5-8,14,16H,2-4,9-11H2,1H3/t14-/m1/s1. The lowest BCUT2D eigenvalue weighted by molar-refractivity contribution is 0.153. The Labute approximate surface area is 97.9 Å². The van der Waals surface area contributed by atoms with Crippen LogP contribution in [0.4, 0.5) is 0 Å². The van der Waals surface area contributed by atoms with Crippen molar-refractivity contribution in [1.29, 1.82) is 0 Å². The summed E-state index contributed by atoms with van der Waals surface area (Å²) < 4.78 is 0. The Morgan fingerprint density at radius 3 is 2.56 bits per heavy atom. The van der Waals surface area contributed by atoms with Crippen molar-refractivity contribution in [3.05, 3.63) is 35.4 Å². The molecule has 1 aromatic rings. The lowest BCUT2D eigenvalue weighted by atomic mass is 10.1. The van der Waals surface area contributed by atoms with Gasteiger partial charge in [0.1, 0.15) is 0 Å². The Morgan fingerprint density at radius 2 is 1.94 bits per heavy atom. The molecule has 0 unspecified atom stereocenters. The SMILES string of the molecule is CCc1ccc(CN2CCC[C@@H]2CO)cc1. The fourth-order valence-corrected chi connectivity index (χ4v) is 2.42. The van der Waals surface area contributed by atoms with E-state index in [1.54, 1.807) is 0 Å². The highest BCUT2D eigenvalue weighted by atomic mass is 16.3.